The molecule has 0 unspecified atom stereocenters. The second kappa shape index (κ2) is 7.11. The van der Waals surface area contributed by atoms with E-state index < -0.39 is 23.4 Å². The molecule has 2 aromatic carbocycles. The van der Waals surface area contributed by atoms with Crippen LogP contribution in [0.3, 0.4) is 0 Å². The number of nitrogens with one attached hydrogen (secondary N) is 2. The third-order valence-electron chi connectivity index (χ3n) is 4.56. The summed E-state index contributed by atoms with van der Waals surface area (Å²) in [7, 11) is 1.53. The molecule has 140 valence electrons. The molecule has 2 N–H and O–H groups in total. The van der Waals surface area contributed by atoms with Gasteiger partial charge in [0.1, 0.15) is 17.8 Å². The van der Waals surface area contributed by atoms with Crippen LogP contribution in [-0.4, -0.2) is 36.4 Å². The van der Waals surface area contributed by atoms with Gasteiger partial charge >= 0.3 is 6.03 Å². The molecule has 1 aliphatic heterocycles. The second-order valence-corrected chi connectivity index (χ2v) is 6.59. The van der Waals surface area contributed by atoms with Crippen molar-refractivity contribution in [2.45, 2.75) is 19.4 Å². The molecule has 1 aliphatic rings. The lowest BCUT2D eigenvalue weighted by molar-refractivity contribution is -0.133. The summed E-state index contributed by atoms with van der Waals surface area (Å²) in [5, 5.41) is 5.36. The second-order valence-electron chi connectivity index (χ2n) is 6.59. The maximum atomic E-state index is 12.9. The first-order valence-electron chi connectivity index (χ1n) is 8.48. The van der Waals surface area contributed by atoms with Crippen molar-refractivity contribution in [3.8, 4) is 5.75 Å². The molecule has 1 atom stereocenters. The van der Waals surface area contributed by atoms with Gasteiger partial charge in [-0.2, -0.15) is 0 Å². The maximum Gasteiger partial charge on any atom is 0.325 e. The summed E-state index contributed by atoms with van der Waals surface area (Å²) in [6, 6.07) is 13.6. The third kappa shape index (κ3) is 3.62. The average Bonchev–Trinajstić information content (AvgIpc) is 2.86. The molecule has 1 saturated heterocycles. The monoisotopic (exact) mass is 367 g/mol. The first kappa shape index (κ1) is 18.4. The number of aryl methyl sites for hydroxylation is 1. The molecule has 4 amide bonds. The van der Waals surface area contributed by atoms with Crippen LogP contribution in [0.1, 0.15) is 18.1 Å². The summed E-state index contributed by atoms with van der Waals surface area (Å²) in [4.78, 5) is 38.4. The Balaban J connectivity index is 1.73. The molecule has 0 aromatic heterocycles. The number of benzene rings is 2. The zero-order chi connectivity index (χ0) is 19.6. The topological polar surface area (TPSA) is 87.7 Å². The van der Waals surface area contributed by atoms with Crippen LogP contribution in [0.4, 0.5) is 10.5 Å². The number of ether oxygens (including phenoxy) is 1. The minimum atomic E-state index is -1.19. The van der Waals surface area contributed by atoms with Crippen LogP contribution in [0.15, 0.2) is 48.5 Å². The number of carbonyl (C=O) groups excluding carboxylic acids is 3. The Hall–Kier alpha value is -3.35. The molecular weight excluding hydrogens is 346 g/mol. The Bertz CT molecular complexity index is 894. The number of amides is 4. The van der Waals surface area contributed by atoms with Crippen molar-refractivity contribution in [3.63, 3.8) is 0 Å². The van der Waals surface area contributed by atoms with E-state index in [-0.39, 0.29) is 6.54 Å². The van der Waals surface area contributed by atoms with Crippen LogP contribution in [0.2, 0.25) is 0 Å². The Morgan fingerprint density at radius 3 is 2.56 bits per heavy atom. The van der Waals surface area contributed by atoms with Gasteiger partial charge in [0.05, 0.1) is 7.11 Å². The summed E-state index contributed by atoms with van der Waals surface area (Å²) in [5.74, 6) is -0.341. The number of hydrogen-bond acceptors (Lipinski definition) is 4. The SMILES string of the molecule is COc1cccc(NC(=O)CN2C(=O)N[C@@](C)(c3ccc(C)cc3)C2=O)c1. The highest BCUT2D eigenvalue weighted by molar-refractivity contribution is 6.10. The van der Waals surface area contributed by atoms with Crippen LogP contribution in [0.25, 0.3) is 0 Å². The van der Waals surface area contributed by atoms with E-state index in [1.165, 1.54) is 7.11 Å². The number of hydrogen-bond donors (Lipinski definition) is 2. The standard InChI is InChI=1S/C20H21N3O4/c1-13-7-9-14(10-8-13)20(2)18(25)23(19(26)22-20)12-17(24)21-15-5-4-6-16(11-15)27-3/h4-11H,12H2,1-3H3,(H,21,24)(H,22,26)/t20-/m0/s1. The Morgan fingerprint density at radius 2 is 1.89 bits per heavy atom. The molecule has 27 heavy (non-hydrogen) atoms. The fourth-order valence-electron chi connectivity index (χ4n) is 2.97. The van der Waals surface area contributed by atoms with Gasteiger partial charge in [-0.05, 0) is 31.5 Å². The number of rotatable bonds is 5. The molecule has 1 heterocycles. The highest BCUT2D eigenvalue weighted by Gasteiger charge is 2.49. The molecule has 0 radical (unpaired) electrons. The number of carbonyl (C=O) groups is 3. The normalized spacial score (nSPS) is 19.0. The van der Waals surface area contributed by atoms with Crippen molar-refractivity contribution < 1.29 is 19.1 Å². The average molecular weight is 367 g/mol. The lowest BCUT2D eigenvalue weighted by Gasteiger charge is -2.22. The Kier molecular flexibility index (Phi) is 4.85. The van der Waals surface area contributed by atoms with E-state index in [0.717, 1.165) is 10.5 Å². The molecule has 0 aliphatic carbocycles. The van der Waals surface area contributed by atoms with Gasteiger partial charge in [-0.25, -0.2) is 4.79 Å². The number of urea groups is 1. The number of anilines is 1. The molecule has 3 rings (SSSR count). The number of imide groups is 1. The molecule has 0 bridgehead atoms. The molecule has 2 aromatic rings. The van der Waals surface area contributed by atoms with Crippen LogP contribution in [0, 0.1) is 6.92 Å². The van der Waals surface area contributed by atoms with E-state index in [0.29, 0.717) is 17.0 Å². The maximum absolute atomic E-state index is 12.9. The van der Waals surface area contributed by atoms with Crippen molar-refractivity contribution in [2.75, 3.05) is 19.0 Å². The van der Waals surface area contributed by atoms with E-state index in [4.69, 9.17) is 4.74 Å². The predicted molar refractivity (Wildman–Crippen MR) is 100 cm³/mol. The Morgan fingerprint density at radius 1 is 1.19 bits per heavy atom. The summed E-state index contributed by atoms with van der Waals surface area (Å²) in [5.41, 5.74) is 1.05. The molecule has 0 spiro atoms. The van der Waals surface area contributed by atoms with Crippen molar-refractivity contribution in [1.29, 1.82) is 0 Å². The summed E-state index contributed by atoms with van der Waals surface area (Å²) < 4.78 is 5.11. The van der Waals surface area contributed by atoms with Crippen molar-refractivity contribution in [1.82, 2.24) is 10.2 Å². The summed E-state index contributed by atoms with van der Waals surface area (Å²) >= 11 is 0. The molecular formula is C20H21N3O4. The molecule has 7 nitrogen and oxygen atoms in total. The summed E-state index contributed by atoms with van der Waals surface area (Å²) in [6.07, 6.45) is 0. The van der Waals surface area contributed by atoms with E-state index >= 15 is 0 Å². The van der Waals surface area contributed by atoms with E-state index in [1.807, 2.05) is 19.1 Å². The number of nitrogens with zero attached hydrogens (tertiary/aromatic N) is 1. The first-order valence-corrected chi connectivity index (χ1v) is 8.48. The minimum absolute atomic E-state index is 0.372. The van der Waals surface area contributed by atoms with E-state index in [9.17, 15) is 14.4 Å². The highest BCUT2D eigenvalue weighted by atomic mass is 16.5. The zero-order valence-electron chi connectivity index (χ0n) is 15.4. The lowest BCUT2D eigenvalue weighted by atomic mass is 9.91. The van der Waals surface area contributed by atoms with Crippen LogP contribution >= 0.6 is 0 Å². The van der Waals surface area contributed by atoms with Gasteiger partial charge in [0.25, 0.3) is 5.91 Å². The largest absolute Gasteiger partial charge is 0.497 e. The smallest absolute Gasteiger partial charge is 0.325 e. The van der Waals surface area contributed by atoms with Gasteiger partial charge in [0, 0.05) is 11.8 Å². The van der Waals surface area contributed by atoms with Gasteiger partial charge in [0.15, 0.2) is 0 Å². The van der Waals surface area contributed by atoms with Crippen molar-refractivity contribution >= 4 is 23.5 Å². The predicted octanol–water partition coefficient (Wildman–Crippen LogP) is 2.41. The lowest BCUT2D eigenvalue weighted by Crippen LogP contribution is -2.42. The van der Waals surface area contributed by atoms with Crippen LogP contribution in [0.5, 0.6) is 5.75 Å². The quantitative estimate of drug-likeness (QED) is 0.795. The van der Waals surface area contributed by atoms with Gasteiger partial charge in [-0.3, -0.25) is 14.5 Å². The molecule has 1 fully saturated rings. The fraction of sp³-hybridized carbons (Fsp3) is 0.250. The number of methoxy groups -OCH3 is 1. The van der Waals surface area contributed by atoms with E-state index in [1.54, 1.807) is 43.3 Å². The fourth-order valence-corrected chi connectivity index (χ4v) is 2.97. The van der Waals surface area contributed by atoms with Crippen LogP contribution in [-0.2, 0) is 15.1 Å². The minimum Gasteiger partial charge on any atom is -0.497 e. The molecule has 7 heteroatoms. The zero-order valence-corrected chi connectivity index (χ0v) is 15.4. The van der Waals surface area contributed by atoms with Gasteiger partial charge in [-0.15, -0.1) is 0 Å². The highest BCUT2D eigenvalue weighted by Crippen LogP contribution is 2.29. The van der Waals surface area contributed by atoms with Gasteiger partial charge in [-0.1, -0.05) is 35.9 Å². The molecule has 0 saturated carbocycles. The van der Waals surface area contributed by atoms with Gasteiger partial charge < -0.3 is 15.4 Å². The van der Waals surface area contributed by atoms with E-state index in [2.05, 4.69) is 10.6 Å². The van der Waals surface area contributed by atoms with Crippen LogP contribution < -0.4 is 15.4 Å². The first-order chi connectivity index (χ1) is 12.8. The van der Waals surface area contributed by atoms with Crippen molar-refractivity contribution in [3.05, 3.63) is 59.7 Å². The summed E-state index contributed by atoms with van der Waals surface area (Å²) in [6.45, 7) is 3.21. The van der Waals surface area contributed by atoms with Gasteiger partial charge in [0.2, 0.25) is 5.91 Å². The van der Waals surface area contributed by atoms with Crippen molar-refractivity contribution in [2.24, 2.45) is 0 Å². The Labute approximate surface area is 157 Å². The third-order valence-corrected chi connectivity index (χ3v) is 4.56.